The maximum absolute atomic E-state index is 12.4. The van der Waals surface area contributed by atoms with Crippen LogP contribution >= 0.6 is 0 Å². The molecule has 154 valence electrons. The molecular formula is C24H24N2O4. The normalized spacial score (nSPS) is 11.3. The van der Waals surface area contributed by atoms with Crippen LogP contribution in [-0.4, -0.2) is 25.0 Å². The number of hydrogen-bond donors (Lipinski definition) is 2. The Morgan fingerprint density at radius 2 is 1.57 bits per heavy atom. The number of anilines is 2. The lowest BCUT2D eigenvalue weighted by molar-refractivity contribution is -0.123. The molecule has 0 aliphatic carbocycles. The smallest absolute Gasteiger partial charge is 0.341 e. The van der Waals surface area contributed by atoms with Gasteiger partial charge in [0.05, 0.1) is 5.56 Å². The van der Waals surface area contributed by atoms with E-state index < -0.39 is 18.0 Å². The van der Waals surface area contributed by atoms with Crippen molar-refractivity contribution in [3.05, 3.63) is 90.0 Å². The Kier molecular flexibility index (Phi) is 7.05. The average molecular weight is 404 g/mol. The van der Waals surface area contributed by atoms with E-state index in [1.54, 1.807) is 49.5 Å². The molecule has 6 heteroatoms. The third kappa shape index (κ3) is 5.61. The van der Waals surface area contributed by atoms with Crippen molar-refractivity contribution in [3.63, 3.8) is 0 Å². The number of rotatable bonds is 8. The van der Waals surface area contributed by atoms with Gasteiger partial charge in [-0.2, -0.15) is 0 Å². The largest absolute Gasteiger partial charge is 0.489 e. The molecule has 2 N–H and O–H groups in total. The van der Waals surface area contributed by atoms with Gasteiger partial charge in [0.2, 0.25) is 0 Å². The van der Waals surface area contributed by atoms with Gasteiger partial charge in [-0.1, -0.05) is 42.5 Å². The zero-order chi connectivity index (χ0) is 21.3. The molecule has 0 aromatic heterocycles. The number of nitrogens with one attached hydrogen (secondary N) is 2. The van der Waals surface area contributed by atoms with Crippen LogP contribution in [0.2, 0.25) is 0 Å². The van der Waals surface area contributed by atoms with Gasteiger partial charge >= 0.3 is 5.97 Å². The molecule has 0 fully saturated rings. The van der Waals surface area contributed by atoms with Crippen molar-refractivity contribution in [1.29, 1.82) is 0 Å². The van der Waals surface area contributed by atoms with Crippen LogP contribution in [0, 0.1) is 0 Å². The minimum absolute atomic E-state index is 0.375. The zero-order valence-electron chi connectivity index (χ0n) is 16.9. The number of carbonyl (C=O) groups excluding carboxylic acids is 2. The maximum atomic E-state index is 12.4. The molecule has 3 rings (SSSR count). The standard InChI is InChI=1S/C24H24N2O4/c1-17(30-24(28)21-10-6-7-11-22(21)25-2)23(27)26-19-12-14-20(15-13-19)29-16-18-8-4-3-5-9-18/h3-15,17,25H,16H2,1-2H3,(H,26,27)/t17-/m1/s1. The van der Waals surface area contributed by atoms with Crippen molar-refractivity contribution in [3.8, 4) is 5.75 Å². The molecule has 0 saturated heterocycles. The lowest BCUT2D eigenvalue weighted by Crippen LogP contribution is -2.30. The summed E-state index contributed by atoms with van der Waals surface area (Å²) >= 11 is 0. The van der Waals surface area contributed by atoms with Crippen LogP contribution in [0.5, 0.6) is 5.75 Å². The molecule has 0 spiro atoms. The highest BCUT2D eigenvalue weighted by molar-refractivity contribution is 5.99. The second-order valence-corrected chi connectivity index (χ2v) is 6.63. The minimum atomic E-state index is -0.948. The van der Waals surface area contributed by atoms with Gasteiger partial charge < -0.3 is 20.1 Å². The van der Waals surface area contributed by atoms with Crippen molar-refractivity contribution in [2.24, 2.45) is 0 Å². The predicted octanol–water partition coefficient (Wildman–Crippen LogP) is 4.49. The summed E-state index contributed by atoms with van der Waals surface area (Å²) in [6.07, 6.45) is -0.948. The summed E-state index contributed by atoms with van der Waals surface area (Å²) in [5.74, 6) is -0.282. The molecule has 30 heavy (non-hydrogen) atoms. The number of benzene rings is 3. The fourth-order valence-electron chi connectivity index (χ4n) is 2.78. The summed E-state index contributed by atoms with van der Waals surface area (Å²) in [5, 5.41) is 5.67. The first kappa shape index (κ1) is 20.9. The molecule has 6 nitrogen and oxygen atoms in total. The van der Waals surface area contributed by atoms with Crippen molar-refractivity contribution in [1.82, 2.24) is 0 Å². The van der Waals surface area contributed by atoms with Crippen LogP contribution in [0.15, 0.2) is 78.9 Å². The quantitative estimate of drug-likeness (QED) is 0.541. The molecule has 3 aromatic carbocycles. The number of carbonyl (C=O) groups is 2. The summed E-state index contributed by atoms with van der Waals surface area (Å²) in [4.78, 5) is 24.8. The number of esters is 1. The summed E-state index contributed by atoms with van der Waals surface area (Å²) in [6, 6.07) is 23.9. The lowest BCUT2D eigenvalue weighted by Gasteiger charge is -2.15. The van der Waals surface area contributed by atoms with E-state index >= 15 is 0 Å². The maximum Gasteiger partial charge on any atom is 0.341 e. The SMILES string of the molecule is CNc1ccccc1C(=O)O[C@H](C)C(=O)Nc1ccc(OCc2ccccc2)cc1. The molecule has 0 radical (unpaired) electrons. The van der Waals surface area contributed by atoms with Gasteiger partial charge in [-0.15, -0.1) is 0 Å². The van der Waals surface area contributed by atoms with Crippen LogP contribution in [-0.2, 0) is 16.1 Å². The van der Waals surface area contributed by atoms with Gasteiger partial charge in [-0.3, -0.25) is 4.79 Å². The second-order valence-electron chi connectivity index (χ2n) is 6.63. The van der Waals surface area contributed by atoms with E-state index in [0.29, 0.717) is 29.3 Å². The molecule has 3 aromatic rings. The van der Waals surface area contributed by atoms with E-state index in [1.807, 2.05) is 36.4 Å². The number of para-hydroxylation sites is 1. The highest BCUT2D eigenvalue weighted by atomic mass is 16.5. The first-order valence-electron chi connectivity index (χ1n) is 9.62. The highest BCUT2D eigenvalue weighted by Crippen LogP contribution is 2.19. The first-order chi connectivity index (χ1) is 14.6. The van der Waals surface area contributed by atoms with Crippen molar-refractivity contribution < 1.29 is 19.1 Å². The Morgan fingerprint density at radius 3 is 2.27 bits per heavy atom. The third-order valence-corrected chi connectivity index (χ3v) is 4.44. The summed E-state index contributed by atoms with van der Waals surface area (Å²) in [6.45, 7) is 2.00. The van der Waals surface area contributed by atoms with E-state index in [-0.39, 0.29) is 0 Å². The summed E-state index contributed by atoms with van der Waals surface area (Å²) in [5.41, 5.74) is 2.68. The Balaban J connectivity index is 1.52. The monoisotopic (exact) mass is 404 g/mol. The topological polar surface area (TPSA) is 76.7 Å². The molecule has 0 saturated carbocycles. The van der Waals surface area contributed by atoms with E-state index in [0.717, 1.165) is 5.56 Å². The number of ether oxygens (including phenoxy) is 2. The molecule has 1 atom stereocenters. The van der Waals surface area contributed by atoms with Gasteiger partial charge in [-0.25, -0.2) is 4.79 Å². The third-order valence-electron chi connectivity index (χ3n) is 4.44. The summed E-state index contributed by atoms with van der Waals surface area (Å²) < 4.78 is 11.0. The van der Waals surface area contributed by atoms with Crippen LogP contribution in [0.1, 0.15) is 22.8 Å². The molecule has 0 heterocycles. The Morgan fingerprint density at radius 1 is 0.900 bits per heavy atom. The Bertz CT molecular complexity index is 988. The minimum Gasteiger partial charge on any atom is -0.489 e. The zero-order valence-corrected chi connectivity index (χ0v) is 16.9. The van der Waals surface area contributed by atoms with E-state index in [1.165, 1.54) is 6.92 Å². The second kappa shape index (κ2) is 10.1. The van der Waals surface area contributed by atoms with Crippen LogP contribution in [0.4, 0.5) is 11.4 Å². The Hall–Kier alpha value is -3.80. The first-order valence-corrected chi connectivity index (χ1v) is 9.62. The molecule has 0 bridgehead atoms. The fraction of sp³-hybridized carbons (Fsp3) is 0.167. The van der Waals surface area contributed by atoms with Gasteiger partial charge in [0.15, 0.2) is 6.10 Å². The predicted molar refractivity (Wildman–Crippen MR) is 117 cm³/mol. The molecule has 0 aliphatic rings. The van der Waals surface area contributed by atoms with Gasteiger partial charge in [0.25, 0.3) is 5.91 Å². The van der Waals surface area contributed by atoms with Crippen LogP contribution < -0.4 is 15.4 Å². The van der Waals surface area contributed by atoms with E-state index in [2.05, 4.69) is 10.6 Å². The number of hydrogen-bond acceptors (Lipinski definition) is 5. The molecule has 0 aliphatic heterocycles. The van der Waals surface area contributed by atoms with Gasteiger partial charge in [0, 0.05) is 18.4 Å². The van der Waals surface area contributed by atoms with Gasteiger partial charge in [-0.05, 0) is 48.9 Å². The van der Waals surface area contributed by atoms with Gasteiger partial charge in [0.1, 0.15) is 12.4 Å². The fourth-order valence-corrected chi connectivity index (χ4v) is 2.78. The molecule has 1 amide bonds. The Labute approximate surface area is 175 Å². The van der Waals surface area contributed by atoms with Crippen molar-refractivity contribution in [2.75, 3.05) is 17.7 Å². The molecule has 0 unspecified atom stereocenters. The van der Waals surface area contributed by atoms with Crippen LogP contribution in [0.3, 0.4) is 0 Å². The van der Waals surface area contributed by atoms with Crippen molar-refractivity contribution >= 4 is 23.3 Å². The van der Waals surface area contributed by atoms with E-state index in [4.69, 9.17) is 9.47 Å². The lowest BCUT2D eigenvalue weighted by atomic mass is 10.2. The van der Waals surface area contributed by atoms with E-state index in [9.17, 15) is 9.59 Å². The summed E-state index contributed by atoms with van der Waals surface area (Å²) in [7, 11) is 1.72. The van der Waals surface area contributed by atoms with Crippen LogP contribution in [0.25, 0.3) is 0 Å². The van der Waals surface area contributed by atoms with Crippen molar-refractivity contribution in [2.45, 2.75) is 19.6 Å². The average Bonchev–Trinajstić information content (AvgIpc) is 2.79. The molecular weight excluding hydrogens is 380 g/mol. The highest BCUT2D eigenvalue weighted by Gasteiger charge is 2.20. The number of amides is 1.